The maximum Gasteiger partial charge on any atom is 0.223 e. The zero-order valence-corrected chi connectivity index (χ0v) is 25.8. The standard InChI is InChI=1S/C40H29ClN2Si/c41-40-42-38(32-26-24-31(25-27-32)30-14-5-1-6-15-30)29-39(43-40)33-16-13-23-37(28-33)44(34-17-7-2-8-18-34,35-19-9-3-10-20-35)36-21-11-4-12-22-36/h1-29H. The topological polar surface area (TPSA) is 25.8 Å². The molecule has 0 saturated heterocycles. The molecule has 0 spiro atoms. The van der Waals surface area contributed by atoms with Crippen molar-refractivity contribution in [2.75, 3.05) is 0 Å². The molecule has 2 nitrogen and oxygen atoms in total. The molecule has 7 aromatic rings. The van der Waals surface area contributed by atoms with Crippen molar-refractivity contribution < 1.29 is 0 Å². The van der Waals surface area contributed by atoms with Crippen LogP contribution in [-0.4, -0.2) is 18.0 Å². The summed E-state index contributed by atoms with van der Waals surface area (Å²) in [5.74, 6) is 0. The van der Waals surface area contributed by atoms with E-state index in [-0.39, 0.29) is 5.28 Å². The molecule has 7 rings (SSSR count). The quantitative estimate of drug-likeness (QED) is 0.107. The molecule has 6 aromatic carbocycles. The van der Waals surface area contributed by atoms with Gasteiger partial charge in [0.2, 0.25) is 5.28 Å². The van der Waals surface area contributed by atoms with E-state index in [1.54, 1.807) is 0 Å². The van der Waals surface area contributed by atoms with Crippen LogP contribution in [0.5, 0.6) is 0 Å². The van der Waals surface area contributed by atoms with Gasteiger partial charge in [-0.3, -0.25) is 0 Å². The lowest BCUT2D eigenvalue weighted by atomic mass is 10.0. The lowest BCUT2D eigenvalue weighted by Gasteiger charge is -2.34. The van der Waals surface area contributed by atoms with Gasteiger partial charge in [-0.1, -0.05) is 170 Å². The minimum absolute atomic E-state index is 0.229. The summed E-state index contributed by atoms with van der Waals surface area (Å²) in [6, 6.07) is 62.5. The van der Waals surface area contributed by atoms with Gasteiger partial charge < -0.3 is 0 Å². The molecule has 0 aliphatic heterocycles. The maximum absolute atomic E-state index is 6.58. The summed E-state index contributed by atoms with van der Waals surface area (Å²) in [5.41, 5.74) is 5.93. The third-order valence-corrected chi connectivity index (χ3v) is 13.1. The molecule has 0 fully saturated rings. The SMILES string of the molecule is Clc1nc(-c2ccc(-c3ccccc3)cc2)cc(-c2cccc([Si](c3ccccc3)(c3ccccc3)c3ccccc3)c2)n1. The van der Waals surface area contributed by atoms with Crippen molar-refractivity contribution in [2.45, 2.75) is 0 Å². The van der Waals surface area contributed by atoms with Crippen LogP contribution in [0.25, 0.3) is 33.6 Å². The third kappa shape index (κ3) is 5.28. The van der Waals surface area contributed by atoms with Gasteiger partial charge in [-0.05, 0) is 49.5 Å². The van der Waals surface area contributed by atoms with Crippen LogP contribution in [0.4, 0.5) is 0 Å². The van der Waals surface area contributed by atoms with Gasteiger partial charge in [0, 0.05) is 11.1 Å². The van der Waals surface area contributed by atoms with Gasteiger partial charge in [-0.15, -0.1) is 0 Å². The summed E-state index contributed by atoms with van der Waals surface area (Å²) < 4.78 is 0. The zero-order valence-electron chi connectivity index (χ0n) is 24.0. The van der Waals surface area contributed by atoms with Crippen molar-refractivity contribution in [3.63, 3.8) is 0 Å². The Labute approximate surface area is 264 Å². The van der Waals surface area contributed by atoms with Crippen LogP contribution in [0.1, 0.15) is 0 Å². The van der Waals surface area contributed by atoms with Crippen molar-refractivity contribution in [3.05, 3.63) is 181 Å². The third-order valence-electron chi connectivity index (χ3n) is 8.20. The second kappa shape index (κ2) is 12.3. The molecule has 1 heterocycles. The van der Waals surface area contributed by atoms with Crippen LogP contribution in [0.15, 0.2) is 176 Å². The molecule has 0 amide bonds. The minimum Gasteiger partial charge on any atom is -0.218 e. The first-order valence-electron chi connectivity index (χ1n) is 14.7. The van der Waals surface area contributed by atoms with E-state index >= 15 is 0 Å². The molecule has 0 bridgehead atoms. The Morgan fingerprint density at radius 1 is 0.341 bits per heavy atom. The molecule has 0 saturated carbocycles. The van der Waals surface area contributed by atoms with E-state index in [9.17, 15) is 0 Å². The lowest BCUT2D eigenvalue weighted by molar-refractivity contribution is 1.18. The van der Waals surface area contributed by atoms with Crippen molar-refractivity contribution in [1.82, 2.24) is 9.97 Å². The Morgan fingerprint density at radius 3 is 1.25 bits per heavy atom. The van der Waals surface area contributed by atoms with Gasteiger partial charge in [-0.25, -0.2) is 9.97 Å². The molecular formula is C40H29ClN2Si. The number of benzene rings is 6. The van der Waals surface area contributed by atoms with Crippen LogP contribution >= 0.6 is 11.6 Å². The Balaban J connectivity index is 1.37. The summed E-state index contributed by atoms with van der Waals surface area (Å²) in [4.78, 5) is 9.31. The number of halogens is 1. The molecule has 44 heavy (non-hydrogen) atoms. The molecule has 1 aromatic heterocycles. The molecule has 4 heteroatoms. The summed E-state index contributed by atoms with van der Waals surface area (Å²) in [7, 11) is -2.67. The number of nitrogens with zero attached hydrogens (tertiary/aromatic N) is 2. The lowest BCUT2D eigenvalue weighted by Crippen LogP contribution is -2.74. The van der Waals surface area contributed by atoms with Crippen LogP contribution in [-0.2, 0) is 0 Å². The van der Waals surface area contributed by atoms with E-state index in [4.69, 9.17) is 16.6 Å². The minimum atomic E-state index is -2.67. The van der Waals surface area contributed by atoms with Crippen molar-refractivity contribution >= 4 is 40.4 Å². The Hall–Kier alpha value is -5.09. The molecule has 0 unspecified atom stereocenters. The number of hydrogen-bond acceptors (Lipinski definition) is 2. The van der Waals surface area contributed by atoms with E-state index in [1.807, 2.05) is 12.1 Å². The molecule has 0 aliphatic rings. The molecule has 210 valence electrons. The smallest absolute Gasteiger partial charge is 0.218 e. The van der Waals surface area contributed by atoms with E-state index in [2.05, 4.69) is 169 Å². The average molecular weight is 601 g/mol. The molecule has 0 atom stereocenters. The van der Waals surface area contributed by atoms with Gasteiger partial charge in [0.05, 0.1) is 11.4 Å². The fraction of sp³-hybridized carbons (Fsp3) is 0. The summed E-state index contributed by atoms with van der Waals surface area (Å²) in [6.07, 6.45) is 0. The van der Waals surface area contributed by atoms with Crippen LogP contribution < -0.4 is 20.7 Å². The monoisotopic (exact) mass is 600 g/mol. The second-order valence-corrected chi connectivity index (χ2v) is 14.9. The van der Waals surface area contributed by atoms with Gasteiger partial charge in [-0.2, -0.15) is 0 Å². The summed E-state index contributed by atoms with van der Waals surface area (Å²) in [6.45, 7) is 0. The first-order valence-corrected chi connectivity index (χ1v) is 17.1. The van der Waals surface area contributed by atoms with E-state index < -0.39 is 8.07 Å². The Bertz CT molecular complexity index is 1900. The van der Waals surface area contributed by atoms with Gasteiger partial charge in [0.15, 0.2) is 8.07 Å². The number of rotatable bonds is 7. The predicted molar refractivity (Wildman–Crippen MR) is 187 cm³/mol. The summed E-state index contributed by atoms with van der Waals surface area (Å²) in [5, 5.41) is 5.49. The maximum atomic E-state index is 6.58. The van der Waals surface area contributed by atoms with Crippen LogP contribution in [0, 0.1) is 0 Å². The van der Waals surface area contributed by atoms with Gasteiger partial charge in [0.1, 0.15) is 0 Å². The van der Waals surface area contributed by atoms with Crippen LogP contribution in [0.2, 0.25) is 5.28 Å². The molecule has 0 aliphatic carbocycles. The molecule has 0 N–H and O–H groups in total. The van der Waals surface area contributed by atoms with E-state index in [0.29, 0.717) is 0 Å². The Morgan fingerprint density at radius 2 is 0.727 bits per heavy atom. The van der Waals surface area contributed by atoms with E-state index in [0.717, 1.165) is 28.1 Å². The fourth-order valence-electron chi connectivity index (χ4n) is 6.15. The fourth-order valence-corrected chi connectivity index (χ4v) is 11.1. The second-order valence-electron chi connectivity index (χ2n) is 10.8. The van der Waals surface area contributed by atoms with Crippen molar-refractivity contribution in [2.24, 2.45) is 0 Å². The molecule has 0 radical (unpaired) electrons. The largest absolute Gasteiger partial charge is 0.223 e. The highest BCUT2D eigenvalue weighted by atomic mass is 35.5. The first-order chi connectivity index (χ1) is 21.7. The molecular weight excluding hydrogens is 572 g/mol. The van der Waals surface area contributed by atoms with Crippen molar-refractivity contribution in [3.8, 4) is 33.6 Å². The summed E-state index contributed by atoms with van der Waals surface area (Å²) >= 11 is 6.58. The average Bonchev–Trinajstić information content (AvgIpc) is 3.10. The van der Waals surface area contributed by atoms with Gasteiger partial charge in [0.25, 0.3) is 0 Å². The number of hydrogen-bond donors (Lipinski definition) is 0. The normalized spacial score (nSPS) is 11.3. The predicted octanol–water partition coefficient (Wildman–Crippen LogP) is 7.51. The highest BCUT2D eigenvalue weighted by Crippen LogP contribution is 2.28. The van der Waals surface area contributed by atoms with Gasteiger partial charge >= 0.3 is 0 Å². The number of aromatic nitrogens is 2. The highest BCUT2D eigenvalue weighted by molar-refractivity contribution is 7.19. The highest BCUT2D eigenvalue weighted by Gasteiger charge is 2.41. The zero-order chi connectivity index (χ0) is 29.8. The Kier molecular flexibility index (Phi) is 7.72. The van der Waals surface area contributed by atoms with Crippen LogP contribution in [0.3, 0.4) is 0 Å². The van der Waals surface area contributed by atoms with E-state index in [1.165, 1.54) is 26.3 Å². The van der Waals surface area contributed by atoms with Crippen molar-refractivity contribution in [1.29, 1.82) is 0 Å². The first kappa shape index (κ1) is 27.7.